The van der Waals surface area contributed by atoms with Crippen molar-refractivity contribution in [1.82, 2.24) is 9.78 Å². The number of rotatable bonds is 10. The van der Waals surface area contributed by atoms with Crippen molar-refractivity contribution in [2.75, 3.05) is 28.4 Å². The number of hydrogen-bond donors (Lipinski definition) is 0. The number of ether oxygens (including phenoxy) is 5. The average Bonchev–Trinajstić information content (AvgIpc) is 3.37. The van der Waals surface area contributed by atoms with Gasteiger partial charge in [0.1, 0.15) is 17.4 Å². The van der Waals surface area contributed by atoms with E-state index in [0.717, 1.165) is 12.1 Å². The molecule has 0 saturated carbocycles. The van der Waals surface area contributed by atoms with E-state index in [1.54, 1.807) is 12.1 Å². The molecule has 0 aliphatic heterocycles. The molecule has 0 amide bonds. The highest BCUT2D eigenvalue weighted by atomic mass is 19.4. The summed E-state index contributed by atoms with van der Waals surface area (Å²) in [6.45, 7) is 0. The van der Waals surface area contributed by atoms with Crippen LogP contribution in [0.15, 0.2) is 54.6 Å². The molecule has 0 aliphatic rings. The zero-order chi connectivity index (χ0) is 30.4. The second-order valence-electron chi connectivity index (χ2n) is 8.57. The summed E-state index contributed by atoms with van der Waals surface area (Å²) in [6.07, 6.45) is 1.21. The Morgan fingerprint density at radius 2 is 1.12 bits per heavy atom. The molecule has 0 radical (unpaired) electrons. The Morgan fingerprint density at radius 3 is 1.60 bits per heavy atom. The Bertz CT molecular complexity index is 1610. The molecule has 0 saturated heterocycles. The Morgan fingerprint density at radius 1 is 0.643 bits per heavy atom. The fourth-order valence-electron chi connectivity index (χ4n) is 3.96. The summed E-state index contributed by atoms with van der Waals surface area (Å²) in [5, 5.41) is 4.50. The SMILES string of the molecule is COc1cc(F)c(/C=C/c2cc(/C=C/c3cc(OC)c(OC)cc3F)n(-c3ccc(OC(F)(F)F)cc3)n2)cc1OC. The van der Waals surface area contributed by atoms with Crippen LogP contribution in [0.2, 0.25) is 0 Å². The molecular formula is C30H25F5N2O5. The van der Waals surface area contributed by atoms with Crippen molar-refractivity contribution >= 4 is 24.3 Å². The van der Waals surface area contributed by atoms with Gasteiger partial charge in [-0.3, -0.25) is 0 Å². The second-order valence-corrected chi connectivity index (χ2v) is 8.57. The zero-order valence-corrected chi connectivity index (χ0v) is 22.8. The summed E-state index contributed by atoms with van der Waals surface area (Å²) in [4.78, 5) is 0. The number of alkyl halides is 3. The molecule has 3 aromatic carbocycles. The summed E-state index contributed by atoms with van der Waals surface area (Å²) in [6, 6.07) is 11.9. The van der Waals surface area contributed by atoms with E-state index in [1.807, 2.05) is 0 Å². The molecule has 220 valence electrons. The lowest BCUT2D eigenvalue weighted by Crippen LogP contribution is -2.17. The van der Waals surface area contributed by atoms with Gasteiger partial charge in [-0.05, 0) is 66.8 Å². The topological polar surface area (TPSA) is 64.0 Å². The van der Waals surface area contributed by atoms with Gasteiger partial charge in [0.25, 0.3) is 0 Å². The van der Waals surface area contributed by atoms with Crippen LogP contribution in [0, 0.1) is 11.6 Å². The van der Waals surface area contributed by atoms with Crippen molar-refractivity contribution < 1.29 is 45.6 Å². The summed E-state index contributed by atoms with van der Waals surface area (Å²) in [7, 11) is 5.63. The molecule has 4 aromatic rings. The summed E-state index contributed by atoms with van der Waals surface area (Å²) < 4.78 is 93.4. The number of methoxy groups -OCH3 is 4. The van der Waals surface area contributed by atoms with E-state index in [9.17, 15) is 22.0 Å². The van der Waals surface area contributed by atoms with E-state index < -0.39 is 23.7 Å². The summed E-state index contributed by atoms with van der Waals surface area (Å²) in [5.41, 5.74) is 1.56. The van der Waals surface area contributed by atoms with Crippen molar-refractivity contribution in [1.29, 1.82) is 0 Å². The predicted molar refractivity (Wildman–Crippen MR) is 147 cm³/mol. The van der Waals surface area contributed by atoms with E-state index in [1.165, 1.54) is 87.7 Å². The molecule has 0 atom stereocenters. The van der Waals surface area contributed by atoms with Gasteiger partial charge in [-0.2, -0.15) is 5.10 Å². The first-order chi connectivity index (χ1) is 20.0. The molecule has 7 nitrogen and oxygen atoms in total. The van der Waals surface area contributed by atoms with Gasteiger partial charge in [0, 0.05) is 23.3 Å². The summed E-state index contributed by atoms with van der Waals surface area (Å²) >= 11 is 0. The lowest BCUT2D eigenvalue weighted by Gasteiger charge is -2.10. The number of hydrogen-bond acceptors (Lipinski definition) is 6. The van der Waals surface area contributed by atoms with Crippen LogP contribution in [0.1, 0.15) is 22.5 Å². The van der Waals surface area contributed by atoms with Gasteiger partial charge in [-0.1, -0.05) is 0 Å². The van der Waals surface area contributed by atoms with Crippen LogP contribution in [-0.4, -0.2) is 44.6 Å². The number of nitrogens with zero attached hydrogens (tertiary/aromatic N) is 2. The maximum Gasteiger partial charge on any atom is 0.573 e. The monoisotopic (exact) mass is 588 g/mol. The zero-order valence-electron chi connectivity index (χ0n) is 22.8. The molecule has 42 heavy (non-hydrogen) atoms. The molecular weight excluding hydrogens is 563 g/mol. The quantitative estimate of drug-likeness (QED) is 0.180. The Kier molecular flexibility index (Phi) is 9.04. The van der Waals surface area contributed by atoms with Crippen molar-refractivity contribution in [3.8, 4) is 34.4 Å². The van der Waals surface area contributed by atoms with Crippen molar-refractivity contribution in [2.24, 2.45) is 0 Å². The smallest absolute Gasteiger partial charge is 0.493 e. The van der Waals surface area contributed by atoms with E-state index in [-0.39, 0.29) is 22.6 Å². The van der Waals surface area contributed by atoms with Gasteiger partial charge in [0.05, 0.1) is 45.5 Å². The molecule has 1 aromatic heterocycles. The van der Waals surface area contributed by atoms with Crippen molar-refractivity contribution in [3.63, 3.8) is 0 Å². The summed E-state index contributed by atoms with van der Waals surface area (Å²) in [5.74, 6) is -0.469. The fourth-order valence-corrected chi connectivity index (χ4v) is 3.96. The molecule has 12 heteroatoms. The molecule has 0 bridgehead atoms. The van der Waals surface area contributed by atoms with Crippen LogP contribution in [0.3, 0.4) is 0 Å². The highest BCUT2D eigenvalue weighted by Gasteiger charge is 2.31. The first kappa shape index (κ1) is 30.0. The Hall–Kier alpha value is -5.00. The molecule has 0 N–H and O–H groups in total. The van der Waals surface area contributed by atoms with E-state index in [0.29, 0.717) is 28.6 Å². The van der Waals surface area contributed by atoms with Crippen LogP contribution in [0.25, 0.3) is 30.0 Å². The van der Waals surface area contributed by atoms with Gasteiger partial charge in [0.15, 0.2) is 23.0 Å². The van der Waals surface area contributed by atoms with Gasteiger partial charge < -0.3 is 23.7 Å². The van der Waals surface area contributed by atoms with Crippen LogP contribution < -0.4 is 23.7 Å². The number of aromatic nitrogens is 2. The molecule has 4 rings (SSSR count). The van der Waals surface area contributed by atoms with Crippen LogP contribution in [0.5, 0.6) is 28.7 Å². The van der Waals surface area contributed by atoms with Gasteiger partial charge >= 0.3 is 6.36 Å². The van der Waals surface area contributed by atoms with Crippen LogP contribution in [-0.2, 0) is 0 Å². The lowest BCUT2D eigenvalue weighted by atomic mass is 10.1. The molecule has 0 spiro atoms. The van der Waals surface area contributed by atoms with Gasteiger partial charge in [0.2, 0.25) is 0 Å². The van der Waals surface area contributed by atoms with Gasteiger partial charge in [-0.15, -0.1) is 13.2 Å². The van der Waals surface area contributed by atoms with E-state index in [2.05, 4.69) is 9.84 Å². The third kappa shape index (κ3) is 7.00. The maximum atomic E-state index is 14.7. The predicted octanol–water partition coefficient (Wildman–Crippen LogP) is 7.42. The molecule has 0 unspecified atom stereocenters. The lowest BCUT2D eigenvalue weighted by molar-refractivity contribution is -0.274. The number of benzene rings is 3. The molecule has 0 aliphatic carbocycles. The third-order valence-electron chi connectivity index (χ3n) is 5.94. The third-order valence-corrected chi connectivity index (χ3v) is 5.94. The molecule has 1 heterocycles. The standard InChI is InChI=1S/C30H25F5N2O5/c1-38-26-13-18(24(31)16-28(26)40-3)5-7-20-15-22(8-6-19-14-27(39-2)29(41-4)17-25(19)32)37(36-20)21-9-11-23(12-10-21)42-30(33,34)35/h5-17H,1-4H3/b7-5+,8-6+. The minimum absolute atomic E-state index is 0.179. The normalized spacial score (nSPS) is 11.7. The van der Waals surface area contributed by atoms with Crippen LogP contribution >= 0.6 is 0 Å². The second kappa shape index (κ2) is 12.7. The minimum atomic E-state index is -4.85. The minimum Gasteiger partial charge on any atom is -0.493 e. The van der Waals surface area contributed by atoms with Crippen LogP contribution in [0.4, 0.5) is 22.0 Å². The van der Waals surface area contributed by atoms with Gasteiger partial charge in [-0.25, -0.2) is 13.5 Å². The largest absolute Gasteiger partial charge is 0.573 e. The number of halogens is 5. The maximum absolute atomic E-state index is 14.7. The highest BCUT2D eigenvalue weighted by molar-refractivity contribution is 5.74. The fraction of sp³-hybridized carbons (Fsp3) is 0.167. The Balaban J connectivity index is 1.74. The average molecular weight is 589 g/mol. The Labute approximate surface area is 238 Å². The molecule has 0 fully saturated rings. The van der Waals surface area contributed by atoms with Crippen molar-refractivity contribution in [2.45, 2.75) is 6.36 Å². The first-order valence-electron chi connectivity index (χ1n) is 12.2. The first-order valence-corrected chi connectivity index (χ1v) is 12.2. The highest BCUT2D eigenvalue weighted by Crippen LogP contribution is 2.32. The van der Waals surface area contributed by atoms with E-state index in [4.69, 9.17) is 18.9 Å². The van der Waals surface area contributed by atoms with E-state index >= 15 is 0 Å². The van der Waals surface area contributed by atoms with Crippen molar-refractivity contribution in [3.05, 3.63) is 88.7 Å².